The fraction of sp³-hybridized carbons (Fsp3) is 0.485. The summed E-state index contributed by atoms with van der Waals surface area (Å²) >= 11 is 0. The van der Waals surface area contributed by atoms with E-state index in [-0.39, 0.29) is 30.3 Å². The lowest BCUT2D eigenvalue weighted by Crippen LogP contribution is -2.62. The smallest absolute Gasteiger partial charge is 0.246 e. The lowest BCUT2D eigenvalue weighted by molar-refractivity contribution is -0.147. The first kappa shape index (κ1) is 30.3. The molecule has 220 valence electrons. The van der Waals surface area contributed by atoms with Crippen LogP contribution in [0.2, 0.25) is 0 Å². The lowest BCUT2D eigenvalue weighted by Gasteiger charge is -2.41. The van der Waals surface area contributed by atoms with E-state index in [2.05, 4.69) is 34.7 Å². The van der Waals surface area contributed by atoms with Crippen molar-refractivity contribution < 1.29 is 19.1 Å². The standard InChI is InChI=1S/C33H44N4O4/c1-20(2)41-25-16-15-23-18-28(31(39)35-27-14-10-12-22-11-8-9-13-26(22)27)37(19-24(23)17-25)32(40)29(33(4,5)6)36-30(38)21(3)34-7/h8-9,11,13,15-17,21,27-29,34H,1,10,12,14,18-19H2,2-7H3,(H,35,39)(H,36,38)/t21-,27?,28-,29+/m0/s1. The van der Waals surface area contributed by atoms with Crippen molar-refractivity contribution in [3.8, 4) is 5.75 Å². The Hall–Kier alpha value is -3.65. The summed E-state index contributed by atoms with van der Waals surface area (Å²) in [5.41, 5.74) is 3.71. The van der Waals surface area contributed by atoms with Gasteiger partial charge >= 0.3 is 0 Å². The van der Waals surface area contributed by atoms with Crippen molar-refractivity contribution in [2.45, 2.75) is 91.0 Å². The van der Waals surface area contributed by atoms with Crippen molar-refractivity contribution in [1.82, 2.24) is 20.9 Å². The third-order valence-electron chi connectivity index (χ3n) is 8.10. The Kier molecular flexibility index (Phi) is 9.22. The van der Waals surface area contributed by atoms with Gasteiger partial charge in [0.25, 0.3) is 0 Å². The highest BCUT2D eigenvalue weighted by Crippen LogP contribution is 2.33. The lowest BCUT2D eigenvalue weighted by atomic mass is 9.83. The second kappa shape index (κ2) is 12.5. The van der Waals surface area contributed by atoms with E-state index in [1.54, 1.807) is 25.8 Å². The van der Waals surface area contributed by atoms with E-state index < -0.39 is 23.5 Å². The predicted molar refractivity (Wildman–Crippen MR) is 160 cm³/mol. The van der Waals surface area contributed by atoms with Crippen LogP contribution in [0.15, 0.2) is 54.8 Å². The fourth-order valence-electron chi connectivity index (χ4n) is 5.68. The molecule has 8 heteroatoms. The van der Waals surface area contributed by atoms with Gasteiger partial charge in [-0.15, -0.1) is 0 Å². The van der Waals surface area contributed by atoms with Crippen LogP contribution in [0.4, 0.5) is 0 Å². The quantitative estimate of drug-likeness (QED) is 0.421. The molecule has 3 amide bonds. The van der Waals surface area contributed by atoms with E-state index in [1.165, 1.54) is 5.56 Å². The van der Waals surface area contributed by atoms with Crippen LogP contribution in [0.5, 0.6) is 5.75 Å². The minimum atomic E-state index is -0.826. The molecule has 0 bridgehead atoms. The number of allylic oxidation sites excluding steroid dienone is 1. The van der Waals surface area contributed by atoms with Gasteiger partial charge in [0, 0.05) is 13.0 Å². The molecule has 4 atom stereocenters. The van der Waals surface area contributed by atoms with Gasteiger partial charge in [-0.2, -0.15) is 0 Å². The number of fused-ring (bicyclic) bond motifs is 2. The molecule has 1 aliphatic heterocycles. The second-order valence-corrected chi connectivity index (χ2v) is 12.4. The van der Waals surface area contributed by atoms with Crippen LogP contribution in [-0.4, -0.2) is 47.8 Å². The number of rotatable bonds is 8. The maximum Gasteiger partial charge on any atom is 0.246 e. The molecule has 0 fully saturated rings. The van der Waals surface area contributed by atoms with Gasteiger partial charge in [-0.05, 0) is 80.0 Å². The number of likely N-dealkylation sites (N-methyl/N-ethyl adjacent to an activating group) is 1. The molecule has 2 aromatic carbocycles. The summed E-state index contributed by atoms with van der Waals surface area (Å²) in [6.45, 7) is 13.3. The first-order valence-corrected chi connectivity index (χ1v) is 14.5. The van der Waals surface area contributed by atoms with Crippen LogP contribution >= 0.6 is 0 Å². The number of carbonyl (C=O) groups excluding carboxylic acids is 3. The topological polar surface area (TPSA) is 99.8 Å². The van der Waals surface area contributed by atoms with Gasteiger partial charge in [-0.25, -0.2) is 0 Å². The van der Waals surface area contributed by atoms with E-state index in [9.17, 15) is 14.4 Å². The molecule has 1 aliphatic carbocycles. The number of amides is 3. The fourth-order valence-corrected chi connectivity index (χ4v) is 5.68. The Bertz CT molecular complexity index is 1310. The summed E-state index contributed by atoms with van der Waals surface area (Å²) in [6, 6.07) is 11.8. The van der Waals surface area contributed by atoms with Crippen LogP contribution in [0.1, 0.15) is 75.8 Å². The highest BCUT2D eigenvalue weighted by molar-refractivity contribution is 5.94. The molecule has 0 radical (unpaired) electrons. The van der Waals surface area contributed by atoms with Gasteiger partial charge in [0.2, 0.25) is 17.7 Å². The first-order valence-electron chi connectivity index (χ1n) is 14.5. The molecule has 0 spiro atoms. The van der Waals surface area contributed by atoms with Gasteiger partial charge in [0.15, 0.2) is 0 Å². The van der Waals surface area contributed by atoms with E-state index in [1.807, 2.05) is 51.1 Å². The molecule has 8 nitrogen and oxygen atoms in total. The zero-order chi connectivity index (χ0) is 29.9. The summed E-state index contributed by atoms with van der Waals surface area (Å²) in [5.74, 6) is 0.461. The average Bonchev–Trinajstić information content (AvgIpc) is 2.93. The van der Waals surface area contributed by atoms with Crippen molar-refractivity contribution in [1.29, 1.82) is 0 Å². The average molecular weight is 561 g/mol. The van der Waals surface area contributed by atoms with E-state index in [0.29, 0.717) is 17.9 Å². The molecule has 3 N–H and O–H groups in total. The van der Waals surface area contributed by atoms with Gasteiger partial charge in [-0.3, -0.25) is 14.4 Å². The Morgan fingerprint density at radius 3 is 2.49 bits per heavy atom. The number of nitrogens with one attached hydrogen (secondary N) is 3. The molecule has 4 rings (SSSR count). The minimum Gasteiger partial charge on any atom is -0.463 e. The molecule has 0 saturated carbocycles. The number of hydrogen-bond donors (Lipinski definition) is 3. The van der Waals surface area contributed by atoms with Crippen LogP contribution in [0.25, 0.3) is 0 Å². The van der Waals surface area contributed by atoms with E-state index in [4.69, 9.17) is 4.74 Å². The highest BCUT2D eigenvalue weighted by Gasteiger charge is 2.43. The Labute approximate surface area is 243 Å². The maximum absolute atomic E-state index is 14.3. The van der Waals surface area contributed by atoms with Crippen molar-refractivity contribution in [2.75, 3.05) is 7.05 Å². The molecular weight excluding hydrogens is 516 g/mol. The van der Waals surface area contributed by atoms with Crippen LogP contribution in [0.3, 0.4) is 0 Å². The molecule has 0 aromatic heterocycles. The van der Waals surface area contributed by atoms with Crippen molar-refractivity contribution in [2.24, 2.45) is 5.41 Å². The monoisotopic (exact) mass is 560 g/mol. The number of benzene rings is 2. The minimum absolute atomic E-state index is 0.105. The van der Waals surface area contributed by atoms with Crippen LogP contribution in [-0.2, 0) is 33.8 Å². The van der Waals surface area contributed by atoms with Gasteiger partial charge in [-0.1, -0.05) is 57.7 Å². The highest BCUT2D eigenvalue weighted by atomic mass is 16.5. The summed E-state index contributed by atoms with van der Waals surface area (Å²) < 4.78 is 5.74. The van der Waals surface area contributed by atoms with Gasteiger partial charge in [0.1, 0.15) is 17.8 Å². The number of hydrogen-bond acceptors (Lipinski definition) is 5. The van der Waals surface area contributed by atoms with Crippen molar-refractivity contribution in [3.05, 3.63) is 77.1 Å². The number of carbonyl (C=O) groups is 3. The third kappa shape index (κ3) is 6.99. The molecule has 0 saturated heterocycles. The Morgan fingerprint density at radius 2 is 1.80 bits per heavy atom. The Morgan fingerprint density at radius 1 is 1.07 bits per heavy atom. The summed E-state index contributed by atoms with van der Waals surface area (Å²) in [6.07, 6.45) is 3.21. The first-order chi connectivity index (χ1) is 19.4. The largest absolute Gasteiger partial charge is 0.463 e. The number of aryl methyl sites for hydroxylation is 1. The second-order valence-electron chi connectivity index (χ2n) is 12.4. The number of ether oxygens (including phenoxy) is 1. The molecule has 2 aliphatic rings. The van der Waals surface area contributed by atoms with Crippen molar-refractivity contribution >= 4 is 17.7 Å². The molecule has 1 heterocycles. The normalized spacial score (nSPS) is 19.7. The maximum atomic E-state index is 14.3. The van der Waals surface area contributed by atoms with Gasteiger partial charge < -0.3 is 25.6 Å². The number of nitrogens with zero attached hydrogens (tertiary/aromatic N) is 1. The van der Waals surface area contributed by atoms with Crippen LogP contribution < -0.4 is 20.7 Å². The van der Waals surface area contributed by atoms with Crippen molar-refractivity contribution in [3.63, 3.8) is 0 Å². The van der Waals surface area contributed by atoms with Crippen LogP contribution in [0, 0.1) is 5.41 Å². The van der Waals surface area contributed by atoms with E-state index in [0.717, 1.165) is 36.0 Å². The Balaban J connectivity index is 1.68. The molecule has 41 heavy (non-hydrogen) atoms. The third-order valence-corrected chi connectivity index (χ3v) is 8.10. The SMILES string of the molecule is C=C(C)Oc1ccc2c(c1)CN(C(=O)[C@@H](NC(=O)[C@H](C)NC)C(C)(C)C)[C@H](C(=O)NC1CCCc3ccccc31)C2. The zero-order valence-corrected chi connectivity index (χ0v) is 25.2. The molecule has 1 unspecified atom stereocenters. The summed E-state index contributed by atoms with van der Waals surface area (Å²) in [5, 5.41) is 9.17. The predicted octanol–water partition coefficient (Wildman–Crippen LogP) is 4.18. The van der Waals surface area contributed by atoms with E-state index >= 15 is 0 Å². The van der Waals surface area contributed by atoms with Gasteiger partial charge in [0.05, 0.1) is 17.8 Å². The molecular formula is C33H44N4O4. The summed E-state index contributed by atoms with van der Waals surface area (Å²) in [4.78, 5) is 42.9. The zero-order valence-electron chi connectivity index (χ0n) is 25.2. The molecule has 2 aromatic rings. The summed E-state index contributed by atoms with van der Waals surface area (Å²) in [7, 11) is 1.70.